The number of fused-ring (bicyclic) bond motifs is 2. The Morgan fingerprint density at radius 2 is 1.70 bits per heavy atom. The SMILES string of the molecule is COc1cc(OC)cc(-c2nn3c(-c4ccc5c(c4)OCO5)nnc3s2)c1. The predicted octanol–water partition coefficient (Wildman–Crippen LogP) is 3.27. The van der Waals surface area contributed by atoms with Gasteiger partial charge in [-0.2, -0.15) is 9.61 Å². The molecule has 2 aromatic carbocycles. The van der Waals surface area contributed by atoms with Crippen LogP contribution in [0.2, 0.25) is 0 Å². The van der Waals surface area contributed by atoms with E-state index >= 15 is 0 Å². The molecule has 0 saturated carbocycles. The quantitative estimate of drug-likeness (QED) is 0.536. The van der Waals surface area contributed by atoms with Gasteiger partial charge in [-0.1, -0.05) is 11.3 Å². The summed E-state index contributed by atoms with van der Waals surface area (Å²) in [6.45, 7) is 0.229. The van der Waals surface area contributed by atoms with Crippen molar-refractivity contribution in [3.63, 3.8) is 0 Å². The zero-order chi connectivity index (χ0) is 18.4. The van der Waals surface area contributed by atoms with Crippen LogP contribution in [0.4, 0.5) is 0 Å². The van der Waals surface area contributed by atoms with E-state index in [2.05, 4.69) is 10.2 Å². The highest BCUT2D eigenvalue weighted by Gasteiger charge is 2.19. The summed E-state index contributed by atoms with van der Waals surface area (Å²) in [7, 11) is 3.24. The summed E-state index contributed by atoms with van der Waals surface area (Å²) in [5, 5.41) is 14.0. The summed E-state index contributed by atoms with van der Waals surface area (Å²) in [5.41, 5.74) is 1.74. The van der Waals surface area contributed by atoms with Crippen molar-refractivity contribution < 1.29 is 18.9 Å². The fraction of sp³-hybridized carbons (Fsp3) is 0.167. The molecular formula is C18H14N4O4S. The average Bonchev–Trinajstić information content (AvgIpc) is 3.41. The zero-order valence-corrected chi connectivity index (χ0v) is 15.3. The minimum Gasteiger partial charge on any atom is -0.497 e. The van der Waals surface area contributed by atoms with Crippen LogP contribution in [0.15, 0.2) is 36.4 Å². The highest BCUT2D eigenvalue weighted by atomic mass is 32.1. The van der Waals surface area contributed by atoms with Crippen molar-refractivity contribution in [1.82, 2.24) is 19.8 Å². The number of hydrogen-bond acceptors (Lipinski definition) is 8. The third-order valence-corrected chi connectivity index (χ3v) is 5.17. The standard InChI is InChI=1S/C18H14N4O4S/c1-23-12-5-11(6-13(8-12)24-2)17-21-22-16(19-20-18(22)27-17)10-3-4-14-15(7-10)26-9-25-14/h3-8H,9H2,1-2H3. The van der Waals surface area contributed by atoms with Gasteiger partial charge in [0.1, 0.15) is 16.5 Å². The molecule has 136 valence electrons. The fourth-order valence-corrected chi connectivity index (χ4v) is 3.71. The summed E-state index contributed by atoms with van der Waals surface area (Å²) < 4.78 is 23.2. The van der Waals surface area contributed by atoms with Crippen LogP contribution >= 0.6 is 11.3 Å². The van der Waals surface area contributed by atoms with Gasteiger partial charge in [0.15, 0.2) is 17.3 Å². The van der Waals surface area contributed by atoms with E-state index < -0.39 is 0 Å². The van der Waals surface area contributed by atoms with Crippen molar-refractivity contribution in [2.45, 2.75) is 0 Å². The van der Waals surface area contributed by atoms with E-state index in [1.54, 1.807) is 18.7 Å². The smallest absolute Gasteiger partial charge is 0.235 e. The second-order valence-corrected chi connectivity index (χ2v) is 6.75. The third kappa shape index (κ3) is 2.63. The lowest BCUT2D eigenvalue weighted by Gasteiger charge is -2.06. The first-order valence-corrected chi connectivity index (χ1v) is 8.92. The van der Waals surface area contributed by atoms with Gasteiger partial charge in [0, 0.05) is 17.2 Å². The highest BCUT2D eigenvalue weighted by Crippen LogP contribution is 2.37. The molecule has 0 aliphatic carbocycles. The number of benzene rings is 2. The van der Waals surface area contributed by atoms with Crippen LogP contribution in [0.25, 0.3) is 26.9 Å². The van der Waals surface area contributed by atoms with Gasteiger partial charge in [-0.25, -0.2) is 0 Å². The summed E-state index contributed by atoms with van der Waals surface area (Å²) in [6, 6.07) is 11.3. The van der Waals surface area contributed by atoms with Crippen LogP contribution in [-0.2, 0) is 0 Å². The van der Waals surface area contributed by atoms with Crippen molar-refractivity contribution in [3.8, 4) is 45.0 Å². The lowest BCUT2D eigenvalue weighted by atomic mass is 10.2. The van der Waals surface area contributed by atoms with Crippen LogP contribution in [0.3, 0.4) is 0 Å². The lowest BCUT2D eigenvalue weighted by molar-refractivity contribution is 0.174. The Labute approximate surface area is 157 Å². The van der Waals surface area contributed by atoms with Gasteiger partial charge >= 0.3 is 0 Å². The van der Waals surface area contributed by atoms with Gasteiger partial charge in [-0.15, -0.1) is 10.2 Å². The van der Waals surface area contributed by atoms with Crippen molar-refractivity contribution >= 4 is 16.3 Å². The Bertz CT molecular complexity index is 1130. The number of rotatable bonds is 4. The Kier molecular flexibility index (Phi) is 3.61. The van der Waals surface area contributed by atoms with Crippen LogP contribution < -0.4 is 18.9 Å². The second-order valence-electron chi connectivity index (χ2n) is 5.79. The number of ether oxygens (including phenoxy) is 4. The second kappa shape index (κ2) is 6.13. The van der Waals surface area contributed by atoms with Crippen LogP contribution in [0.1, 0.15) is 0 Å². The van der Waals surface area contributed by atoms with E-state index in [4.69, 9.17) is 24.0 Å². The first-order valence-electron chi connectivity index (χ1n) is 8.11. The van der Waals surface area contributed by atoms with E-state index in [1.165, 1.54) is 11.3 Å². The molecule has 0 bridgehead atoms. The van der Waals surface area contributed by atoms with E-state index in [0.29, 0.717) is 28.0 Å². The molecule has 1 aliphatic heterocycles. The van der Waals surface area contributed by atoms with Crippen molar-refractivity contribution in [3.05, 3.63) is 36.4 Å². The molecule has 0 atom stereocenters. The van der Waals surface area contributed by atoms with Gasteiger partial charge in [-0.05, 0) is 30.3 Å². The van der Waals surface area contributed by atoms with Gasteiger partial charge in [0.2, 0.25) is 11.8 Å². The van der Waals surface area contributed by atoms with E-state index in [0.717, 1.165) is 21.9 Å². The molecule has 0 spiro atoms. The van der Waals surface area contributed by atoms with Gasteiger partial charge < -0.3 is 18.9 Å². The lowest BCUT2D eigenvalue weighted by Crippen LogP contribution is -1.93. The monoisotopic (exact) mass is 382 g/mol. The molecule has 3 heterocycles. The van der Waals surface area contributed by atoms with Crippen molar-refractivity contribution in [1.29, 1.82) is 0 Å². The highest BCUT2D eigenvalue weighted by molar-refractivity contribution is 7.19. The summed E-state index contributed by atoms with van der Waals surface area (Å²) in [5.74, 6) is 3.46. The Hall–Kier alpha value is -3.33. The van der Waals surface area contributed by atoms with E-state index in [1.807, 2.05) is 36.4 Å². The fourth-order valence-electron chi connectivity index (χ4n) is 2.88. The van der Waals surface area contributed by atoms with Crippen molar-refractivity contribution in [2.24, 2.45) is 0 Å². The minimum atomic E-state index is 0.229. The molecule has 0 saturated heterocycles. The molecule has 8 nitrogen and oxygen atoms in total. The normalized spacial score (nSPS) is 12.5. The summed E-state index contributed by atoms with van der Waals surface area (Å²) >= 11 is 1.44. The molecule has 0 unspecified atom stereocenters. The van der Waals surface area contributed by atoms with Crippen LogP contribution in [-0.4, -0.2) is 40.8 Å². The number of hydrogen-bond donors (Lipinski definition) is 0. The number of aromatic nitrogens is 4. The maximum Gasteiger partial charge on any atom is 0.235 e. The average molecular weight is 382 g/mol. The topological polar surface area (TPSA) is 80.0 Å². The maximum absolute atomic E-state index is 5.45. The van der Waals surface area contributed by atoms with E-state index in [-0.39, 0.29) is 6.79 Å². The number of nitrogens with zero attached hydrogens (tertiary/aromatic N) is 4. The molecule has 0 radical (unpaired) electrons. The molecule has 0 N–H and O–H groups in total. The van der Waals surface area contributed by atoms with Gasteiger partial charge in [0.25, 0.3) is 0 Å². The Balaban J connectivity index is 1.60. The first-order chi connectivity index (χ1) is 13.2. The van der Waals surface area contributed by atoms with Gasteiger partial charge in [-0.3, -0.25) is 0 Å². The van der Waals surface area contributed by atoms with Gasteiger partial charge in [0.05, 0.1) is 14.2 Å². The molecule has 0 fully saturated rings. The minimum absolute atomic E-state index is 0.229. The molecule has 5 rings (SSSR count). The molecular weight excluding hydrogens is 368 g/mol. The molecule has 1 aliphatic rings. The largest absolute Gasteiger partial charge is 0.497 e. The maximum atomic E-state index is 5.45. The predicted molar refractivity (Wildman–Crippen MR) is 98.8 cm³/mol. The van der Waals surface area contributed by atoms with Crippen LogP contribution in [0, 0.1) is 0 Å². The van der Waals surface area contributed by atoms with Crippen molar-refractivity contribution in [2.75, 3.05) is 21.0 Å². The summed E-state index contributed by atoms with van der Waals surface area (Å²) in [4.78, 5) is 0.694. The molecule has 27 heavy (non-hydrogen) atoms. The van der Waals surface area contributed by atoms with Crippen LogP contribution in [0.5, 0.6) is 23.0 Å². The first kappa shape index (κ1) is 15.9. The molecule has 2 aromatic heterocycles. The third-order valence-electron chi connectivity index (χ3n) is 4.22. The Morgan fingerprint density at radius 1 is 0.926 bits per heavy atom. The molecule has 4 aromatic rings. The summed E-state index contributed by atoms with van der Waals surface area (Å²) in [6.07, 6.45) is 0. The van der Waals surface area contributed by atoms with E-state index in [9.17, 15) is 0 Å². The number of methoxy groups -OCH3 is 2. The Morgan fingerprint density at radius 3 is 2.48 bits per heavy atom. The molecule has 9 heteroatoms. The zero-order valence-electron chi connectivity index (χ0n) is 14.5. The molecule has 0 amide bonds.